The average molecular weight is 391 g/mol. The van der Waals surface area contributed by atoms with E-state index in [1.807, 2.05) is 58.9 Å². The van der Waals surface area contributed by atoms with Crippen LogP contribution in [0.1, 0.15) is 47.2 Å². The molecule has 0 aliphatic carbocycles. The number of halogens is 1. The summed E-state index contributed by atoms with van der Waals surface area (Å²) in [6.45, 7) is 11.3. The van der Waals surface area contributed by atoms with Crippen LogP contribution < -0.4 is 5.32 Å². The lowest BCUT2D eigenvalue weighted by molar-refractivity contribution is -0.134. The molecule has 2 aromatic rings. The van der Waals surface area contributed by atoms with Gasteiger partial charge in [-0.25, -0.2) is 4.68 Å². The van der Waals surface area contributed by atoms with E-state index < -0.39 is 0 Å². The Morgan fingerprint density at radius 1 is 1.26 bits per heavy atom. The number of carbonyl (C=O) groups is 2. The summed E-state index contributed by atoms with van der Waals surface area (Å²) < 4.78 is 1.63. The molecule has 0 radical (unpaired) electrons. The predicted molar refractivity (Wildman–Crippen MR) is 108 cm³/mol. The van der Waals surface area contributed by atoms with Gasteiger partial charge in [0.25, 0.3) is 0 Å². The van der Waals surface area contributed by atoms with E-state index in [4.69, 9.17) is 11.6 Å². The Kier molecular flexibility index (Phi) is 6.31. The van der Waals surface area contributed by atoms with Crippen molar-refractivity contribution in [2.24, 2.45) is 0 Å². The number of hydrogen-bond acceptors (Lipinski definition) is 3. The van der Waals surface area contributed by atoms with Crippen molar-refractivity contribution in [2.75, 3.05) is 11.9 Å². The number of aromatic nitrogens is 2. The zero-order chi connectivity index (χ0) is 20.4. The monoisotopic (exact) mass is 390 g/mol. The minimum atomic E-state index is -0.285. The van der Waals surface area contributed by atoms with Crippen LogP contribution in [0.25, 0.3) is 5.69 Å². The van der Waals surface area contributed by atoms with Gasteiger partial charge in [-0.05, 0) is 26.0 Å². The quantitative estimate of drug-likeness (QED) is 0.838. The Hall–Kier alpha value is -2.34. The highest BCUT2D eigenvalue weighted by molar-refractivity contribution is 6.32. The van der Waals surface area contributed by atoms with Gasteiger partial charge >= 0.3 is 0 Å². The van der Waals surface area contributed by atoms with Gasteiger partial charge in [-0.15, -0.1) is 0 Å². The lowest BCUT2D eigenvalue weighted by Gasteiger charge is -2.24. The topological polar surface area (TPSA) is 67.2 Å². The molecule has 1 N–H and O–H groups in total. The van der Waals surface area contributed by atoms with E-state index in [1.165, 1.54) is 11.8 Å². The molecule has 1 aromatic heterocycles. The van der Waals surface area contributed by atoms with Crippen molar-refractivity contribution < 1.29 is 9.59 Å². The van der Waals surface area contributed by atoms with Crippen molar-refractivity contribution in [3.63, 3.8) is 0 Å². The van der Waals surface area contributed by atoms with Gasteiger partial charge in [0.15, 0.2) is 0 Å². The van der Waals surface area contributed by atoms with Crippen LogP contribution in [0.5, 0.6) is 0 Å². The summed E-state index contributed by atoms with van der Waals surface area (Å²) >= 11 is 6.33. The average Bonchev–Trinajstić information content (AvgIpc) is 2.96. The molecule has 0 unspecified atom stereocenters. The van der Waals surface area contributed by atoms with Crippen LogP contribution in [0.3, 0.4) is 0 Å². The van der Waals surface area contributed by atoms with E-state index in [0.717, 1.165) is 5.69 Å². The summed E-state index contributed by atoms with van der Waals surface area (Å²) in [5.41, 5.74) is 1.30. The number of hydrogen-bond donors (Lipinski definition) is 1. The Balaban J connectivity index is 2.38. The number of nitrogens with zero attached hydrogens (tertiary/aromatic N) is 3. The van der Waals surface area contributed by atoms with E-state index in [-0.39, 0.29) is 29.8 Å². The Morgan fingerprint density at radius 2 is 1.89 bits per heavy atom. The number of para-hydroxylation sites is 1. The van der Waals surface area contributed by atoms with Crippen LogP contribution in [0.15, 0.2) is 30.3 Å². The second-order valence-corrected chi connectivity index (χ2v) is 8.22. The van der Waals surface area contributed by atoms with Crippen molar-refractivity contribution in [3.05, 3.63) is 41.0 Å². The van der Waals surface area contributed by atoms with Gasteiger partial charge < -0.3 is 10.2 Å². The highest BCUT2D eigenvalue weighted by Gasteiger charge is 2.23. The standard InChI is InChI=1S/C20H27ClN4O2/c1-13(2)24(14(3)26)12-19(27)22-18-11-17(20(4,5)6)23-25(18)16-10-8-7-9-15(16)21/h7-11,13H,12H2,1-6H3,(H,22,27). The third-order valence-corrected chi connectivity index (χ3v) is 4.49. The van der Waals surface area contributed by atoms with Gasteiger partial charge in [0.2, 0.25) is 11.8 Å². The largest absolute Gasteiger partial charge is 0.331 e. The summed E-state index contributed by atoms with van der Waals surface area (Å²) in [5, 5.41) is 8.06. The van der Waals surface area contributed by atoms with Gasteiger partial charge in [-0.3, -0.25) is 9.59 Å². The van der Waals surface area contributed by atoms with Crippen LogP contribution >= 0.6 is 11.6 Å². The number of carbonyl (C=O) groups excluding carboxylic acids is 2. The molecule has 0 bridgehead atoms. The van der Waals surface area contributed by atoms with Gasteiger partial charge in [-0.1, -0.05) is 44.5 Å². The van der Waals surface area contributed by atoms with E-state index in [2.05, 4.69) is 10.4 Å². The molecule has 2 rings (SSSR count). The summed E-state index contributed by atoms with van der Waals surface area (Å²) in [6.07, 6.45) is 0. The van der Waals surface area contributed by atoms with Gasteiger partial charge in [-0.2, -0.15) is 5.10 Å². The summed E-state index contributed by atoms with van der Waals surface area (Å²) in [7, 11) is 0. The minimum Gasteiger partial charge on any atom is -0.331 e. The molecule has 0 spiro atoms. The van der Waals surface area contributed by atoms with Crippen LogP contribution in [0.4, 0.5) is 5.82 Å². The molecule has 6 nitrogen and oxygen atoms in total. The van der Waals surface area contributed by atoms with Crippen molar-refractivity contribution >= 4 is 29.2 Å². The number of amides is 2. The maximum absolute atomic E-state index is 12.6. The fourth-order valence-electron chi connectivity index (χ4n) is 2.64. The van der Waals surface area contributed by atoms with Crippen molar-refractivity contribution in [1.82, 2.24) is 14.7 Å². The molecule has 146 valence electrons. The highest BCUT2D eigenvalue weighted by atomic mass is 35.5. The van der Waals surface area contributed by atoms with E-state index in [0.29, 0.717) is 16.5 Å². The maximum Gasteiger partial charge on any atom is 0.245 e. The number of anilines is 1. The van der Waals surface area contributed by atoms with E-state index in [1.54, 1.807) is 10.7 Å². The number of benzene rings is 1. The molecule has 27 heavy (non-hydrogen) atoms. The second kappa shape index (κ2) is 8.13. The molecule has 2 amide bonds. The molecule has 7 heteroatoms. The molecular formula is C20H27ClN4O2. The minimum absolute atomic E-state index is 0.0223. The molecule has 0 saturated heterocycles. The first-order chi connectivity index (χ1) is 12.5. The van der Waals surface area contributed by atoms with Crippen LogP contribution in [0.2, 0.25) is 5.02 Å². The lowest BCUT2D eigenvalue weighted by atomic mass is 9.92. The van der Waals surface area contributed by atoms with Crippen molar-refractivity contribution in [3.8, 4) is 5.69 Å². The third kappa shape index (κ3) is 5.10. The normalized spacial score (nSPS) is 11.6. The molecule has 1 aromatic carbocycles. The van der Waals surface area contributed by atoms with E-state index >= 15 is 0 Å². The highest BCUT2D eigenvalue weighted by Crippen LogP contribution is 2.29. The van der Waals surface area contributed by atoms with Crippen LogP contribution in [0, 0.1) is 0 Å². The molecule has 0 atom stereocenters. The molecule has 0 fully saturated rings. The van der Waals surface area contributed by atoms with Crippen molar-refractivity contribution in [1.29, 1.82) is 0 Å². The van der Waals surface area contributed by atoms with E-state index in [9.17, 15) is 9.59 Å². The smallest absolute Gasteiger partial charge is 0.245 e. The summed E-state index contributed by atoms with van der Waals surface area (Å²) in [4.78, 5) is 25.8. The molecule has 0 aliphatic heterocycles. The molecule has 0 aliphatic rings. The first kappa shape index (κ1) is 21.0. The fraction of sp³-hybridized carbons (Fsp3) is 0.450. The lowest BCUT2D eigenvalue weighted by Crippen LogP contribution is -2.41. The SMILES string of the molecule is CC(=O)N(CC(=O)Nc1cc(C(C)(C)C)nn1-c1ccccc1Cl)C(C)C. The molecule has 1 heterocycles. The number of rotatable bonds is 5. The summed E-state index contributed by atoms with van der Waals surface area (Å²) in [5.74, 6) is 0.0907. The zero-order valence-electron chi connectivity index (χ0n) is 16.7. The van der Waals surface area contributed by atoms with Gasteiger partial charge in [0, 0.05) is 24.4 Å². The second-order valence-electron chi connectivity index (χ2n) is 7.82. The van der Waals surface area contributed by atoms with Crippen molar-refractivity contribution in [2.45, 2.75) is 53.0 Å². The number of nitrogens with one attached hydrogen (secondary N) is 1. The van der Waals surface area contributed by atoms with Crippen LogP contribution in [-0.2, 0) is 15.0 Å². The maximum atomic E-state index is 12.6. The van der Waals surface area contributed by atoms with Gasteiger partial charge in [0.05, 0.1) is 16.4 Å². The summed E-state index contributed by atoms with van der Waals surface area (Å²) in [6, 6.07) is 9.10. The fourth-order valence-corrected chi connectivity index (χ4v) is 2.85. The Labute approximate surface area is 165 Å². The molecule has 0 saturated carbocycles. The van der Waals surface area contributed by atoms with Gasteiger partial charge in [0.1, 0.15) is 12.4 Å². The Bertz CT molecular complexity index is 837. The van der Waals surface area contributed by atoms with Crippen LogP contribution in [-0.4, -0.2) is 39.1 Å². The zero-order valence-corrected chi connectivity index (χ0v) is 17.5. The predicted octanol–water partition coefficient (Wildman–Crippen LogP) is 4.02. The first-order valence-corrected chi connectivity index (χ1v) is 9.31. The third-order valence-electron chi connectivity index (χ3n) is 4.17. The first-order valence-electron chi connectivity index (χ1n) is 8.93. The Morgan fingerprint density at radius 3 is 2.41 bits per heavy atom. The molecular weight excluding hydrogens is 364 g/mol.